The van der Waals surface area contributed by atoms with Crippen LogP contribution >= 0.6 is 11.6 Å². The van der Waals surface area contributed by atoms with Crippen molar-refractivity contribution in [2.45, 2.75) is 45.0 Å². The van der Waals surface area contributed by atoms with Gasteiger partial charge >= 0.3 is 6.09 Å². The average molecular weight is 346 g/mol. The van der Waals surface area contributed by atoms with Crippen LogP contribution in [0.5, 0.6) is 5.75 Å². The van der Waals surface area contributed by atoms with E-state index in [1.165, 1.54) is 7.11 Å². The predicted octanol–water partition coefficient (Wildman–Crippen LogP) is 2.66. The molecule has 0 fully saturated rings. The highest BCUT2D eigenvalue weighted by Crippen LogP contribution is 2.29. The number of carbonyl (C=O) groups is 1. The van der Waals surface area contributed by atoms with E-state index in [4.69, 9.17) is 21.1 Å². The van der Waals surface area contributed by atoms with E-state index in [0.29, 0.717) is 16.3 Å². The highest BCUT2D eigenvalue weighted by Gasteiger charge is 2.21. The van der Waals surface area contributed by atoms with E-state index in [1.807, 2.05) is 0 Å². The summed E-state index contributed by atoms with van der Waals surface area (Å²) in [5, 5.41) is 23.1. The number of aliphatic hydroxyl groups excluding tert-OH is 2. The molecule has 0 aliphatic heterocycles. The van der Waals surface area contributed by atoms with Gasteiger partial charge < -0.3 is 25.0 Å². The first-order valence-corrected chi connectivity index (χ1v) is 7.68. The minimum Gasteiger partial charge on any atom is -0.495 e. The number of benzene rings is 1. The number of nitrogens with one attached hydrogen (secondary N) is 1. The molecular formula is C16H24ClNO5. The fraction of sp³-hybridized carbons (Fsp3) is 0.562. The predicted molar refractivity (Wildman–Crippen MR) is 87.8 cm³/mol. The Bertz CT molecular complexity index is 530. The molecule has 0 aliphatic rings. The van der Waals surface area contributed by atoms with Crippen LogP contribution in [0.1, 0.15) is 38.9 Å². The van der Waals surface area contributed by atoms with Crippen molar-refractivity contribution in [3.8, 4) is 5.75 Å². The molecule has 3 N–H and O–H groups in total. The zero-order valence-corrected chi connectivity index (χ0v) is 14.6. The maximum absolute atomic E-state index is 11.5. The second-order valence-electron chi connectivity index (χ2n) is 6.12. The van der Waals surface area contributed by atoms with Crippen LogP contribution in [0.4, 0.5) is 4.79 Å². The molecule has 1 aromatic carbocycles. The zero-order chi connectivity index (χ0) is 17.6. The van der Waals surface area contributed by atoms with Crippen molar-refractivity contribution in [1.82, 2.24) is 5.32 Å². The molecular weight excluding hydrogens is 322 g/mol. The Morgan fingerprint density at radius 2 is 2.00 bits per heavy atom. The van der Waals surface area contributed by atoms with Crippen LogP contribution in [0.2, 0.25) is 5.02 Å². The molecule has 0 radical (unpaired) electrons. The molecule has 0 aliphatic carbocycles. The molecule has 2 unspecified atom stereocenters. The lowest BCUT2D eigenvalue weighted by molar-refractivity contribution is 0.0122. The first-order chi connectivity index (χ1) is 10.6. The first kappa shape index (κ1) is 19.5. The molecule has 0 saturated carbocycles. The van der Waals surface area contributed by atoms with Crippen LogP contribution < -0.4 is 10.1 Å². The van der Waals surface area contributed by atoms with Gasteiger partial charge in [-0.15, -0.1) is 0 Å². The van der Waals surface area contributed by atoms with E-state index >= 15 is 0 Å². The Hall–Kier alpha value is -1.50. The number of amides is 1. The van der Waals surface area contributed by atoms with Gasteiger partial charge in [0.2, 0.25) is 0 Å². The molecule has 1 amide bonds. The molecule has 0 heterocycles. The monoisotopic (exact) mass is 345 g/mol. The number of halogens is 1. The van der Waals surface area contributed by atoms with Gasteiger partial charge in [-0.3, -0.25) is 0 Å². The van der Waals surface area contributed by atoms with Crippen molar-refractivity contribution in [2.24, 2.45) is 0 Å². The highest BCUT2D eigenvalue weighted by atomic mass is 35.5. The lowest BCUT2D eigenvalue weighted by Gasteiger charge is -2.21. The van der Waals surface area contributed by atoms with E-state index < -0.39 is 23.9 Å². The number of carbonyl (C=O) groups excluding carboxylic acids is 1. The van der Waals surface area contributed by atoms with Crippen LogP contribution in [0.25, 0.3) is 0 Å². The Morgan fingerprint density at radius 1 is 1.35 bits per heavy atom. The number of aliphatic hydroxyl groups is 2. The summed E-state index contributed by atoms with van der Waals surface area (Å²) >= 11 is 5.92. The van der Waals surface area contributed by atoms with Crippen LogP contribution in [0.3, 0.4) is 0 Å². The average Bonchev–Trinajstić information content (AvgIpc) is 2.45. The van der Waals surface area contributed by atoms with E-state index in [0.717, 1.165) is 0 Å². The molecule has 23 heavy (non-hydrogen) atoms. The van der Waals surface area contributed by atoms with Crippen LogP contribution in [0, 0.1) is 0 Å². The normalized spacial score (nSPS) is 14.0. The summed E-state index contributed by atoms with van der Waals surface area (Å²) in [4.78, 5) is 11.5. The third-order valence-electron chi connectivity index (χ3n) is 2.99. The molecule has 0 spiro atoms. The van der Waals surface area contributed by atoms with Crippen molar-refractivity contribution in [2.75, 3.05) is 13.7 Å². The second kappa shape index (κ2) is 8.38. The standard InChI is InChI=1S/C16H24ClNO5/c1-16(2,3)23-15(21)18-8-7-12(19)14(20)10-5-6-11(17)13(9-10)22-4/h5-6,9,12,14,19-20H,7-8H2,1-4H3,(H,18,21). The van der Waals surface area contributed by atoms with Crippen LogP contribution in [-0.4, -0.2) is 41.7 Å². The maximum Gasteiger partial charge on any atom is 0.407 e. The quantitative estimate of drug-likeness (QED) is 0.737. The summed E-state index contributed by atoms with van der Waals surface area (Å²) in [7, 11) is 1.47. The van der Waals surface area contributed by atoms with Gasteiger partial charge in [-0.2, -0.15) is 0 Å². The molecule has 6 nitrogen and oxygen atoms in total. The van der Waals surface area contributed by atoms with Gasteiger partial charge in [0.05, 0.1) is 18.2 Å². The minimum absolute atomic E-state index is 0.172. The van der Waals surface area contributed by atoms with Gasteiger partial charge in [0.15, 0.2) is 0 Å². The Labute approximate surface area is 141 Å². The molecule has 0 saturated heterocycles. The summed E-state index contributed by atoms with van der Waals surface area (Å²) < 4.78 is 10.2. The molecule has 7 heteroatoms. The summed E-state index contributed by atoms with van der Waals surface area (Å²) in [5.74, 6) is 0.419. The van der Waals surface area contributed by atoms with Gasteiger partial charge in [0.1, 0.15) is 17.5 Å². The Balaban J connectivity index is 2.51. The topological polar surface area (TPSA) is 88.0 Å². The lowest BCUT2D eigenvalue weighted by Crippen LogP contribution is -2.34. The fourth-order valence-electron chi connectivity index (χ4n) is 1.88. The summed E-state index contributed by atoms with van der Waals surface area (Å²) in [6.07, 6.45) is -2.55. The lowest BCUT2D eigenvalue weighted by atomic mass is 10.0. The molecule has 130 valence electrons. The second-order valence-corrected chi connectivity index (χ2v) is 6.53. The number of alkyl carbamates (subject to hydrolysis) is 1. The van der Waals surface area contributed by atoms with Crippen molar-refractivity contribution >= 4 is 17.7 Å². The van der Waals surface area contributed by atoms with E-state index in [2.05, 4.69) is 5.32 Å². The zero-order valence-electron chi connectivity index (χ0n) is 13.8. The van der Waals surface area contributed by atoms with Gasteiger partial charge in [-0.25, -0.2) is 4.79 Å². The van der Waals surface area contributed by atoms with Crippen molar-refractivity contribution < 1.29 is 24.5 Å². The molecule has 2 atom stereocenters. The van der Waals surface area contributed by atoms with Crippen molar-refractivity contribution in [1.29, 1.82) is 0 Å². The van der Waals surface area contributed by atoms with E-state index in [9.17, 15) is 15.0 Å². The number of methoxy groups -OCH3 is 1. The third-order valence-corrected chi connectivity index (χ3v) is 3.30. The highest BCUT2D eigenvalue weighted by molar-refractivity contribution is 6.32. The maximum atomic E-state index is 11.5. The largest absolute Gasteiger partial charge is 0.495 e. The smallest absolute Gasteiger partial charge is 0.407 e. The van der Waals surface area contributed by atoms with Crippen LogP contribution in [-0.2, 0) is 4.74 Å². The third kappa shape index (κ3) is 6.64. The Kier molecular flexibility index (Phi) is 7.12. The minimum atomic E-state index is -1.11. The number of rotatable bonds is 6. The van der Waals surface area contributed by atoms with Gasteiger partial charge in [-0.05, 0) is 44.9 Å². The summed E-state index contributed by atoms with van der Waals surface area (Å²) in [6, 6.07) is 4.77. The number of ether oxygens (including phenoxy) is 2. The summed E-state index contributed by atoms with van der Waals surface area (Å²) in [5.41, 5.74) is -0.0989. The summed E-state index contributed by atoms with van der Waals surface area (Å²) in [6.45, 7) is 5.47. The van der Waals surface area contributed by atoms with E-state index in [1.54, 1.807) is 39.0 Å². The van der Waals surface area contributed by atoms with Gasteiger partial charge in [0, 0.05) is 6.54 Å². The fourth-order valence-corrected chi connectivity index (χ4v) is 2.07. The SMILES string of the molecule is COc1cc(C(O)C(O)CCNC(=O)OC(C)(C)C)ccc1Cl. The molecule has 0 aromatic heterocycles. The van der Waals surface area contributed by atoms with Gasteiger partial charge in [-0.1, -0.05) is 17.7 Å². The molecule has 1 aromatic rings. The van der Waals surface area contributed by atoms with Gasteiger partial charge in [0.25, 0.3) is 0 Å². The number of hydrogen-bond acceptors (Lipinski definition) is 5. The van der Waals surface area contributed by atoms with Crippen LogP contribution in [0.15, 0.2) is 18.2 Å². The molecule has 1 rings (SSSR count). The molecule has 0 bridgehead atoms. The number of hydrogen-bond donors (Lipinski definition) is 3. The van der Waals surface area contributed by atoms with Crippen molar-refractivity contribution in [3.63, 3.8) is 0 Å². The Morgan fingerprint density at radius 3 is 2.57 bits per heavy atom. The first-order valence-electron chi connectivity index (χ1n) is 7.30. The van der Waals surface area contributed by atoms with E-state index in [-0.39, 0.29) is 13.0 Å². The van der Waals surface area contributed by atoms with Crippen molar-refractivity contribution in [3.05, 3.63) is 28.8 Å².